The van der Waals surface area contributed by atoms with Gasteiger partial charge in [0, 0.05) is 35.5 Å². The average molecular weight is 422 g/mol. The highest BCUT2D eigenvalue weighted by Gasteiger charge is 2.46. The molecule has 160 valence electrons. The molecule has 31 heavy (non-hydrogen) atoms. The molecule has 7 heteroatoms. The fourth-order valence-electron chi connectivity index (χ4n) is 4.67. The number of nitrogens with zero attached hydrogens (tertiary/aromatic N) is 3. The number of anilines is 2. The van der Waals surface area contributed by atoms with Crippen molar-refractivity contribution < 1.29 is 14.0 Å². The van der Waals surface area contributed by atoms with Crippen LogP contribution in [0, 0.1) is 18.7 Å². The molecule has 1 aliphatic carbocycles. The molecular weight excluding hydrogens is 392 g/mol. The fourth-order valence-corrected chi connectivity index (χ4v) is 4.67. The molecule has 3 atom stereocenters. The van der Waals surface area contributed by atoms with Crippen molar-refractivity contribution in [1.29, 1.82) is 0 Å². The highest BCUT2D eigenvalue weighted by molar-refractivity contribution is 5.94. The summed E-state index contributed by atoms with van der Waals surface area (Å²) in [6.45, 7) is 1.11. The van der Waals surface area contributed by atoms with Gasteiger partial charge in [0.05, 0.1) is 22.5 Å². The van der Waals surface area contributed by atoms with Crippen LogP contribution in [0.2, 0.25) is 0 Å². The van der Waals surface area contributed by atoms with Crippen LogP contribution in [0.4, 0.5) is 11.6 Å². The number of hydrogen-bond donors (Lipinski definition) is 2. The van der Waals surface area contributed by atoms with E-state index in [2.05, 4.69) is 10.2 Å². The number of aryl methyl sites for hydroxylation is 1. The smallest absolute Gasteiger partial charge is 0.337 e. The standard InChI is InChI=1S/C24H26N4O3/c1-13-8-18(14(2)25-20-7-5-4-6-17(20)23(30)31)21-19(9-13)22(29)27(3)24(26-21)28-11-15-10-16(15)12-28/h4-9,14-16,25H,10-12H2,1-3H3,(H,30,31)/t14-,15?,16?/m1/s1/i1D3. The number of para-hydroxylation sites is 1. The molecule has 0 amide bonds. The third-order valence-electron chi connectivity index (χ3n) is 6.44. The number of benzene rings is 2. The Kier molecular flexibility index (Phi) is 3.75. The van der Waals surface area contributed by atoms with E-state index in [-0.39, 0.29) is 22.1 Å². The Labute approximate surface area is 184 Å². The van der Waals surface area contributed by atoms with E-state index in [1.54, 1.807) is 38.2 Å². The molecule has 1 aliphatic heterocycles. The van der Waals surface area contributed by atoms with Crippen LogP contribution in [0.3, 0.4) is 0 Å². The molecule has 7 nitrogen and oxygen atoms in total. The Morgan fingerprint density at radius 3 is 2.74 bits per heavy atom. The van der Waals surface area contributed by atoms with Gasteiger partial charge in [-0.05, 0) is 55.8 Å². The van der Waals surface area contributed by atoms with Gasteiger partial charge >= 0.3 is 5.97 Å². The highest BCUT2D eigenvalue weighted by atomic mass is 16.4. The number of aromatic carboxylic acids is 1. The Bertz CT molecular complexity index is 1360. The molecule has 2 unspecified atom stereocenters. The number of carbonyl (C=O) groups is 1. The SMILES string of the molecule is [2H]C([2H])([2H])c1cc([C@@H](C)Nc2ccccc2C(=O)O)c2nc(N3CC4CC4C3)n(C)c(=O)c2c1. The number of carboxylic acids is 1. The van der Waals surface area contributed by atoms with Gasteiger partial charge in [-0.25, -0.2) is 9.78 Å². The zero-order chi connectivity index (χ0) is 24.4. The Morgan fingerprint density at radius 1 is 1.29 bits per heavy atom. The van der Waals surface area contributed by atoms with Crippen LogP contribution in [0.5, 0.6) is 0 Å². The third kappa shape index (κ3) is 3.34. The number of rotatable bonds is 5. The van der Waals surface area contributed by atoms with E-state index >= 15 is 0 Å². The predicted octanol–water partition coefficient (Wildman–Crippen LogP) is 3.57. The monoisotopic (exact) mass is 421 g/mol. The number of nitrogens with one attached hydrogen (secondary N) is 1. The van der Waals surface area contributed by atoms with E-state index in [1.807, 2.05) is 0 Å². The summed E-state index contributed by atoms with van der Waals surface area (Å²) in [7, 11) is 1.67. The lowest BCUT2D eigenvalue weighted by Gasteiger charge is -2.24. The van der Waals surface area contributed by atoms with Crippen molar-refractivity contribution in [2.24, 2.45) is 18.9 Å². The lowest BCUT2D eigenvalue weighted by molar-refractivity contribution is 0.0698. The molecule has 0 radical (unpaired) electrons. The number of fused-ring (bicyclic) bond motifs is 2. The van der Waals surface area contributed by atoms with E-state index in [0.29, 0.717) is 34.6 Å². The van der Waals surface area contributed by atoms with E-state index in [4.69, 9.17) is 9.10 Å². The van der Waals surface area contributed by atoms with Gasteiger partial charge in [0.2, 0.25) is 5.95 Å². The van der Waals surface area contributed by atoms with Gasteiger partial charge in [-0.2, -0.15) is 0 Å². The van der Waals surface area contributed by atoms with Crippen LogP contribution in [0.15, 0.2) is 41.2 Å². The number of aromatic nitrogens is 2. The normalized spacial score (nSPS) is 22.4. The molecule has 2 aromatic carbocycles. The van der Waals surface area contributed by atoms with E-state index in [9.17, 15) is 14.7 Å². The summed E-state index contributed by atoms with van der Waals surface area (Å²) in [6, 6.07) is 8.97. The van der Waals surface area contributed by atoms with Gasteiger partial charge in [-0.1, -0.05) is 18.2 Å². The Morgan fingerprint density at radius 2 is 2.03 bits per heavy atom. The molecule has 2 fully saturated rings. The minimum absolute atomic E-state index is 0.0456. The maximum absolute atomic E-state index is 13.4. The molecule has 2 aliphatic rings. The van der Waals surface area contributed by atoms with Crippen molar-refractivity contribution in [3.8, 4) is 0 Å². The summed E-state index contributed by atoms with van der Waals surface area (Å²) in [4.78, 5) is 32.0. The molecule has 5 rings (SSSR count). The number of piperidine rings is 1. The molecule has 3 aromatic rings. The van der Waals surface area contributed by atoms with Crippen LogP contribution in [0.25, 0.3) is 10.9 Å². The van der Waals surface area contributed by atoms with E-state index < -0.39 is 18.9 Å². The Hall–Kier alpha value is -3.35. The molecule has 1 saturated heterocycles. The second kappa shape index (κ2) is 7.11. The van der Waals surface area contributed by atoms with Gasteiger partial charge in [-0.15, -0.1) is 0 Å². The highest BCUT2D eigenvalue weighted by Crippen LogP contribution is 2.46. The number of hydrogen-bond acceptors (Lipinski definition) is 5. The Balaban J connectivity index is 1.66. The third-order valence-corrected chi connectivity index (χ3v) is 6.44. The largest absolute Gasteiger partial charge is 0.478 e. The van der Waals surface area contributed by atoms with Crippen molar-refractivity contribution in [3.05, 3.63) is 63.4 Å². The second-order valence-corrected chi connectivity index (χ2v) is 8.62. The van der Waals surface area contributed by atoms with Crippen LogP contribution in [0.1, 0.15) is 45.0 Å². The lowest BCUT2D eigenvalue weighted by Crippen LogP contribution is -2.31. The van der Waals surface area contributed by atoms with Gasteiger partial charge in [0.15, 0.2) is 0 Å². The summed E-state index contributed by atoms with van der Waals surface area (Å²) in [5.74, 6) is 0.806. The van der Waals surface area contributed by atoms with Crippen molar-refractivity contribution >= 4 is 28.5 Å². The van der Waals surface area contributed by atoms with Crippen LogP contribution in [-0.2, 0) is 7.05 Å². The maximum Gasteiger partial charge on any atom is 0.337 e. The maximum atomic E-state index is 13.4. The lowest BCUT2D eigenvalue weighted by atomic mass is 10.0. The molecule has 2 N–H and O–H groups in total. The first kappa shape index (κ1) is 16.4. The van der Waals surface area contributed by atoms with Gasteiger partial charge in [-0.3, -0.25) is 9.36 Å². The average Bonchev–Trinajstić information content (AvgIpc) is 3.39. The van der Waals surface area contributed by atoms with Crippen LogP contribution >= 0.6 is 0 Å². The van der Waals surface area contributed by atoms with Gasteiger partial charge in [0.1, 0.15) is 0 Å². The first-order chi connectivity index (χ1) is 16.0. The molecule has 2 heterocycles. The summed E-state index contributed by atoms with van der Waals surface area (Å²) in [5.41, 5.74) is 1.21. The summed E-state index contributed by atoms with van der Waals surface area (Å²) in [5, 5.41) is 13.0. The number of carboxylic acid groups (broad SMARTS) is 1. The summed E-state index contributed by atoms with van der Waals surface area (Å²) < 4.78 is 25.3. The van der Waals surface area contributed by atoms with Gasteiger partial charge in [0.25, 0.3) is 5.56 Å². The zero-order valence-corrected chi connectivity index (χ0v) is 17.4. The van der Waals surface area contributed by atoms with Crippen molar-refractivity contribution in [2.45, 2.75) is 26.2 Å². The van der Waals surface area contributed by atoms with Crippen LogP contribution < -0.4 is 15.8 Å². The molecule has 1 saturated carbocycles. The topological polar surface area (TPSA) is 87.5 Å². The molecule has 1 aromatic heterocycles. The first-order valence-corrected chi connectivity index (χ1v) is 10.4. The molecule has 0 spiro atoms. The van der Waals surface area contributed by atoms with Crippen molar-refractivity contribution in [3.63, 3.8) is 0 Å². The van der Waals surface area contributed by atoms with Crippen LogP contribution in [-0.4, -0.2) is 33.7 Å². The molecular formula is C24H26N4O3. The van der Waals surface area contributed by atoms with Crippen molar-refractivity contribution in [1.82, 2.24) is 9.55 Å². The van der Waals surface area contributed by atoms with E-state index in [1.165, 1.54) is 23.1 Å². The zero-order valence-electron chi connectivity index (χ0n) is 20.4. The fraction of sp³-hybridized carbons (Fsp3) is 0.375. The summed E-state index contributed by atoms with van der Waals surface area (Å²) in [6.07, 6.45) is 1.22. The quantitative estimate of drug-likeness (QED) is 0.655. The minimum Gasteiger partial charge on any atom is -0.478 e. The predicted molar refractivity (Wildman–Crippen MR) is 121 cm³/mol. The van der Waals surface area contributed by atoms with Gasteiger partial charge < -0.3 is 15.3 Å². The van der Waals surface area contributed by atoms with E-state index in [0.717, 1.165) is 13.1 Å². The second-order valence-electron chi connectivity index (χ2n) is 8.62. The summed E-state index contributed by atoms with van der Waals surface area (Å²) >= 11 is 0. The molecule has 0 bridgehead atoms. The first-order valence-electron chi connectivity index (χ1n) is 11.9. The van der Waals surface area contributed by atoms with Crippen molar-refractivity contribution in [2.75, 3.05) is 23.3 Å². The minimum atomic E-state index is -2.42.